The molecule has 9 nitrogen and oxygen atoms in total. The van der Waals surface area contributed by atoms with Crippen LogP contribution < -0.4 is 10.3 Å². The molecule has 3 heterocycles. The maximum Gasteiger partial charge on any atom is 0.272 e. The molecule has 10 heteroatoms. The molecule has 0 atom stereocenters. The highest BCUT2D eigenvalue weighted by atomic mass is 19.1. The van der Waals surface area contributed by atoms with Crippen LogP contribution in [-0.4, -0.2) is 71.2 Å². The third-order valence-electron chi connectivity index (χ3n) is 6.49. The summed E-state index contributed by atoms with van der Waals surface area (Å²) in [7, 11) is 0. The number of H-pyrrole nitrogens is 1. The van der Waals surface area contributed by atoms with Crippen molar-refractivity contribution in [3.8, 4) is 11.6 Å². The largest absolute Gasteiger partial charge is 0.437 e. The monoisotopic (exact) mass is 480 g/mol. The van der Waals surface area contributed by atoms with Gasteiger partial charge in [-0.2, -0.15) is 0 Å². The van der Waals surface area contributed by atoms with Crippen LogP contribution in [-0.2, 0) is 9.53 Å². The van der Waals surface area contributed by atoms with E-state index >= 15 is 0 Å². The number of hydrogen-bond donors (Lipinski definition) is 1. The molecule has 3 aromatic rings. The van der Waals surface area contributed by atoms with Gasteiger partial charge in [-0.3, -0.25) is 14.4 Å². The Hall–Kier alpha value is -3.79. The minimum Gasteiger partial charge on any atom is -0.437 e. The van der Waals surface area contributed by atoms with Gasteiger partial charge in [0.1, 0.15) is 11.6 Å². The Morgan fingerprint density at radius 1 is 1.00 bits per heavy atom. The number of carbonyl (C=O) groups is 2. The van der Waals surface area contributed by atoms with Gasteiger partial charge < -0.3 is 19.3 Å². The quantitative estimate of drug-likeness (QED) is 0.616. The number of nitrogens with zero attached hydrogens (tertiary/aromatic N) is 3. The summed E-state index contributed by atoms with van der Waals surface area (Å²) in [5.41, 5.74) is -0.474. The van der Waals surface area contributed by atoms with Crippen molar-refractivity contribution in [2.24, 2.45) is 5.92 Å². The van der Waals surface area contributed by atoms with Gasteiger partial charge in [0.2, 0.25) is 11.8 Å². The number of hydrogen-bond acceptors (Lipinski definition) is 6. The van der Waals surface area contributed by atoms with Gasteiger partial charge >= 0.3 is 0 Å². The minimum atomic E-state index is -0.664. The first-order valence-electron chi connectivity index (χ1n) is 11.6. The number of ether oxygens (including phenoxy) is 2. The van der Waals surface area contributed by atoms with Crippen LogP contribution in [0.5, 0.6) is 11.6 Å². The topological polar surface area (TPSA) is 105 Å². The van der Waals surface area contributed by atoms with Gasteiger partial charge in [-0.25, -0.2) is 9.49 Å². The third-order valence-corrected chi connectivity index (χ3v) is 6.49. The number of nitrogens with one attached hydrogen (secondary N) is 1. The standard InChI is InChI=1S/C25H25FN4O5/c26-21-6-5-17(35-23-19-4-2-1-3-18(19)22(31)27-28-23)15-20(21)25(33)30-11-9-29(10-12-30)24(32)16-7-13-34-14-8-16/h1-6,15-16H,7-14H2,(H,27,31). The number of aromatic amines is 1. The molecule has 0 unspecified atom stereocenters. The SMILES string of the molecule is O=C(c1cc(Oc2n[nH]c(=O)c3ccccc23)ccc1F)N1CCN(C(=O)C2CCOCC2)CC1. The van der Waals surface area contributed by atoms with Crippen LogP contribution in [0.15, 0.2) is 47.3 Å². The first-order valence-corrected chi connectivity index (χ1v) is 11.6. The molecule has 0 bridgehead atoms. The first kappa shape index (κ1) is 23.0. The average Bonchev–Trinajstić information content (AvgIpc) is 2.91. The molecule has 2 saturated heterocycles. The van der Waals surface area contributed by atoms with Crippen LogP contribution >= 0.6 is 0 Å². The Kier molecular flexibility index (Phi) is 6.45. The molecule has 0 saturated carbocycles. The zero-order chi connectivity index (χ0) is 24.4. The lowest BCUT2D eigenvalue weighted by molar-refractivity contribution is -0.140. The van der Waals surface area contributed by atoms with Gasteiger partial charge in [-0.05, 0) is 43.2 Å². The summed E-state index contributed by atoms with van der Waals surface area (Å²) in [6.45, 7) is 2.66. The van der Waals surface area contributed by atoms with E-state index in [9.17, 15) is 18.8 Å². The van der Waals surface area contributed by atoms with Crippen molar-refractivity contribution in [2.45, 2.75) is 12.8 Å². The Morgan fingerprint density at radius 3 is 2.43 bits per heavy atom. The van der Waals surface area contributed by atoms with Gasteiger partial charge in [0.15, 0.2) is 0 Å². The number of rotatable bonds is 4. The van der Waals surface area contributed by atoms with Gasteiger partial charge in [-0.1, -0.05) is 12.1 Å². The Labute approximate surface area is 200 Å². The molecule has 5 rings (SSSR count). The highest BCUT2D eigenvalue weighted by Gasteiger charge is 2.31. The van der Waals surface area contributed by atoms with Crippen molar-refractivity contribution in [3.63, 3.8) is 0 Å². The van der Waals surface area contributed by atoms with Gasteiger partial charge in [0.25, 0.3) is 11.5 Å². The lowest BCUT2D eigenvalue weighted by Gasteiger charge is -2.37. The second-order valence-corrected chi connectivity index (χ2v) is 8.65. The van der Waals surface area contributed by atoms with E-state index in [0.717, 1.165) is 12.8 Å². The third kappa shape index (κ3) is 4.74. The predicted molar refractivity (Wildman–Crippen MR) is 125 cm³/mol. The summed E-state index contributed by atoms with van der Waals surface area (Å²) in [6.07, 6.45) is 1.44. The molecular weight excluding hydrogens is 455 g/mol. The van der Waals surface area contributed by atoms with Crippen molar-refractivity contribution in [1.29, 1.82) is 0 Å². The van der Waals surface area contributed by atoms with Gasteiger partial charge in [0.05, 0.1) is 16.3 Å². The Balaban J connectivity index is 1.29. The summed E-state index contributed by atoms with van der Waals surface area (Å²) in [5, 5.41) is 7.24. The lowest BCUT2D eigenvalue weighted by atomic mass is 9.98. The van der Waals surface area contributed by atoms with E-state index in [1.807, 2.05) is 0 Å². The summed E-state index contributed by atoms with van der Waals surface area (Å²) in [5.74, 6) is -0.705. The van der Waals surface area contributed by atoms with Crippen molar-refractivity contribution < 1.29 is 23.5 Å². The number of aromatic nitrogens is 2. The first-order chi connectivity index (χ1) is 17.0. The number of piperazine rings is 1. The van der Waals surface area contributed by atoms with Crippen molar-refractivity contribution >= 4 is 22.6 Å². The van der Waals surface area contributed by atoms with E-state index in [0.29, 0.717) is 50.2 Å². The molecule has 0 radical (unpaired) electrons. The van der Waals surface area contributed by atoms with Crippen molar-refractivity contribution in [3.05, 3.63) is 64.2 Å². The number of carbonyl (C=O) groups excluding carboxylic acids is 2. The summed E-state index contributed by atoms with van der Waals surface area (Å²) >= 11 is 0. The van der Waals surface area contributed by atoms with Crippen LogP contribution in [0.1, 0.15) is 23.2 Å². The molecule has 35 heavy (non-hydrogen) atoms. The average molecular weight is 480 g/mol. The van der Waals surface area contributed by atoms with Crippen LogP contribution in [0.2, 0.25) is 0 Å². The smallest absolute Gasteiger partial charge is 0.272 e. The zero-order valence-corrected chi connectivity index (χ0v) is 19.0. The second kappa shape index (κ2) is 9.83. The minimum absolute atomic E-state index is 0.0325. The second-order valence-electron chi connectivity index (χ2n) is 8.65. The fraction of sp³-hybridized carbons (Fsp3) is 0.360. The lowest BCUT2D eigenvalue weighted by Crippen LogP contribution is -2.52. The molecule has 2 fully saturated rings. The van der Waals surface area contributed by atoms with E-state index in [4.69, 9.17) is 9.47 Å². The highest BCUT2D eigenvalue weighted by molar-refractivity contribution is 5.95. The van der Waals surface area contributed by atoms with Crippen LogP contribution in [0.25, 0.3) is 10.8 Å². The molecule has 182 valence electrons. The normalized spacial score (nSPS) is 16.9. The number of fused-ring (bicyclic) bond motifs is 1. The van der Waals surface area contributed by atoms with Gasteiger partial charge in [0, 0.05) is 45.3 Å². The van der Waals surface area contributed by atoms with Crippen molar-refractivity contribution in [2.75, 3.05) is 39.4 Å². The molecule has 2 aromatic carbocycles. The Morgan fingerprint density at radius 2 is 1.69 bits per heavy atom. The molecule has 0 spiro atoms. The molecule has 1 N–H and O–H groups in total. The Bertz CT molecular complexity index is 1310. The van der Waals surface area contributed by atoms with E-state index in [-0.39, 0.29) is 34.6 Å². The highest BCUT2D eigenvalue weighted by Crippen LogP contribution is 2.27. The maximum atomic E-state index is 14.6. The molecule has 1 aromatic heterocycles. The molecule has 2 aliphatic rings. The zero-order valence-electron chi connectivity index (χ0n) is 19.0. The number of halogens is 1. The van der Waals surface area contributed by atoms with Crippen LogP contribution in [0.3, 0.4) is 0 Å². The maximum absolute atomic E-state index is 14.6. The fourth-order valence-corrected chi connectivity index (χ4v) is 4.51. The van der Waals surface area contributed by atoms with Crippen LogP contribution in [0, 0.1) is 11.7 Å². The number of amides is 2. The molecule has 2 aliphatic heterocycles. The van der Waals surface area contributed by atoms with Crippen molar-refractivity contribution in [1.82, 2.24) is 20.0 Å². The predicted octanol–water partition coefficient (Wildman–Crippen LogP) is 2.57. The molecule has 2 amide bonds. The summed E-state index contributed by atoms with van der Waals surface area (Å²) in [4.78, 5) is 41.2. The van der Waals surface area contributed by atoms with Crippen LogP contribution in [0.4, 0.5) is 4.39 Å². The van der Waals surface area contributed by atoms with E-state index < -0.39 is 11.7 Å². The fourth-order valence-electron chi connectivity index (χ4n) is 4.51. The number of benzene rings is 2. The summed E-state index contributed by atoms with van der Waals surface area (Å²) < 4.78 is 25.8. The molecular formula is C25H25FN4O5. The van der Waals surface area contributed by atoms with E-state index in [1.54, 1.807) is 34.1 Å². The molecule has 0 aliphatic carbocycles. The van der Waals surface area contributed by atoms with Gasteiger partial charge in [-0.15, -0.1) is 5.10 Å². The van der Waals surface area contributed by atoms with E-state index in [2.05, 4.69) is 10.2 Å². The van der Waals surface area contributed by atoms with E-state index in [1.165, 1.54) is 18.2 Å². The summed E-state index contributed by atoms with van der Waals surface area (Å²) in [6, 6.07) is 10.7.